The van der Waals surface area contributed by atoms with Gasteiger partial charge in [0.05, 0.1) is 6.10 Å². The Hall–Kier alpha value is -0.680. The van der Waals surface area contributed by atoms with E-state index in [1.165, 1.54) is 24.4 Å². The normalized spacial score (nSPS) is 20.6. The summed E-state index contributed by atoms with van der Waals surface area (Å²) in [6.07, 6.45) is 3.93. The lowest BCUT2D eigenvalue weighted by Gasteiger charge is -2.08. The number of hydrogen-bond acceptors (Lipinski definition) is 5. The second-order valence-corrected chi connectivity index (χ2v) is 5.21. The van der Waals surface area contributed by atoms with E-state index in [1.54, 1.807) is 0 Å². The molecule has 1 aliphatic heterocycles. The van der Waals surface area contributed by atoms with Crippen molar-refractivity contribution in [3.8, 4) is 0 Å². The lowest BCUT2D eigenvalue weighted by molar-refractivity contribution is 0.107. The van der Waals surface area contributed by atoms with Crippen LogP contribution in [0.15, 0.2) is 0 Å². The molecule has 1 unspecified atom stereocenters. The van der Waals surface area contributed by atoms with Crippen molar-refractivity contribution in [2.75, 3.05) is 18.5 Å². The van der Waals surface area contributed by atoms with Gasteiger partial charge in [0, 0.05) is 30.6 Å². The average molecular weight is 241 g/mol. The van der Waals surface area contributed by atoms with Crippen molar-refractivity contribution >= 4 is 16.7 Å². The second kappa shape index (κ2) is 5.59. The zero-order valence-corrected chi connectivity index (χ0v) is 10.7. The third-order valence-electron chi connectivity index (χ3n) is 2.72. The molecule has 2 heterocycles. The summed E-state index contributed by atoms with van der Waals surface area (Å²) in [6, 6.07) is 0. The first-order chi connectivity index (χ1) is 7.75. The SMILES string of the molecule is CC(C)c1nsc(NCCC2CCCO2)n1. The molecule has 0 saturated carbocycles. The van der Waals surface area contributed by atoms with Gasteiger partial charge in [0.25, 0.3) is 0 Å². The van der Waals surface area contributed by atoms with Crippen LogP contribution in [0.4, 0.5) is 5.13 Å². The van der Waals surface area contributed by atoms with Crippen molar-refractivity contribution in [1.82, 2.24) is 9.36 Å². The van der Waals surface area contributed by atoms with E-state index in [0.29, 0.717) is 12.0 Å². The van der Waals surface area contributed by atoms with Gasteiger partial charge in [0.15, 0.2) is 0 Å². The number of ether oxygens (including phenoxy) is 1. The Morgan fingerprint density at radius 1 is 1.56 bits per heavy atom. The monoisotopic (exact) mass is 241 g/mol. The summed E-state index contributed by atoms with van der Waals surface area (Å²) >= 11 is 1.45. The summed E-state index contributed by atoms with van der Waals surface area (Å²) in [6.45, 7) is 6.08. The quantitative estimate of drug-likeness (QED) is 0.861. The first-order valence-electron chi connectivity index (χ1n) is 5.95. The van der Waals surface area contributed by atoms with Gasteiger partial charge in [-0.25, -0.2) is 4.98 Å². The number of nitrogens with one attached hydrogen (secondary N) is 1. The lowest BCUT2D eigenvalue weighted by Crippen LogP contribution is -2.12. The molecule has 0 aromatic carbocycles. The molecule has 4 nitrogen and oxygen atoms in total. The van der Waals surface area contributed by atoms with Gasteiger partial charge < -0.3 is 10.1 Å². The fraction of sp³-hybridized carbons (Fsp3) is 0.818. The molecular weight excluding hydrogens is 222 g/mol. The van der Waals surface area contributed by atoms with Crippen LogP contribution in [0.25, 0.3) is 0 Å². The van der Waals surface area contributed by atoms with Gasteiger partial charge in [-0.15, -0.1) is 0 Å². The van der Waals surface area contributed by atoms with Crippen molar-refractivity contribution in [2.24, 2.45) is 0 Å². The number of nitrogens with zero attached hydrogens (tertiary/aromatic N) is 2. The van der Waals surface area contributed by atoms with Crippen molar-refractivity contribution in [3.05, 3.63) is 5.82 Å². The van der Waals surface area contributed by atoms with Crippen molar-refractivity contribution in [1.29, 1.82) is 0 Å². The summed E-state index contributed by atoms with van der Waals surface area (Å²) < 4.78 is 9.86. The highest BCUT2D eigenvalue weighted by Gasteiger charge is 2.15. The van der Waals surface area contributed by atoms with E-state index in [1.807, 2.05) is 0 Å². The van der Waals surface area contributed by atoms with Crippen LogP contribution in [0.1, 0.15) is 44.9 Å². The summed E-state index contributed by atoms with van der Waals surface area (Å²) in [5.74, 6) is 1.34. The molecule has 0 aliphatic carbocycles. The van der Waals surface area contributed by atoms with Crippen molar-refractivity contribution in [3.63, 3.8) is 0 Å². The van der Waals surface area contributed by atoms with E-state index < -0.39 is 0 Å². The standard InChI is InChI=1S/C11H19N3OS/c1-8(2)10-13-11(16-14-10)12-6-5-9-4-3-7-15-9/h8-9H,3-7H2,1-2H3,(H,12,13,14). The number of rotatable bonds is 5. The molecule has 2 rings (SSSR count). The summed E-state index contributed by atoms with van der Waals surface area (Å²) in [7, 11) is 0. The fourth-order valence-corrected chi connectivity index (χ4v) is 2.49. The molecule has 16 heavy (non-hydrogen) atoms. The molecule has 0 radical (unpaired) electrons. The molecule has 1 fully saturated rings. The van der Waals surface area contributed by atoms with Gasteiger partial charge in [-0.3, -0.25) is 0 Å². The summed E-state index contributed by atoms with van der Waals surface area (Å²) in [5, 5.41) is 4.24. The maximum atomic E-state index is 5.56. The third kappa shape index (κ3) is 3.15. The fourth-order valence-electron chi connectivity index (χ4n) is 1.75. The lowest BCUT2D eigenvalue weighted by atomic mass is 10.2. The second-order valence-electron chi connectivity index (χ2n) is 4.46. The van der Waals surface area contributed by atoms with Crippen molar-refractivity contribution < 1.29 is 4.74 Å². The van der Waals surface area contributed by atoms with Gasteiger partial charge in [-0.2, -0.15) is 4.37 Å². The zero-order chi connectivity index (χ0) is 11.4. The van der Waals surface area contributed by atoms with E-state index in [9.17, 15) is 0 Å². The molecule has 5 heteroatoms. The molecule has 1 aliphatic rings. The highest BCUT2D eigenvalue weighted by molar-refractivity contribution is 7.09. The molecule has 0 amide bonds. The van der Waals surface area contributed by atoms with Gasteiger partial charge in [0.2, 0.25) is 5.13 Å². The van der Waals surface area contributed by atoms with Crippen molar-refractivity contribution in [2.45, 2.75) is 45.1 Å². The maximum Gasteiger partial charge on any atom is 0.202 e. The Kier molecular flexibility index (Phi) is 4.12. The van der Waals surface area contributed by atoms with E-state index in [2.05, 4.69) is 28.5 Å². The van der Waals surface area contributed by atoms with Gasteiger partial charge in [-0.1, -0.05) is 13.8 Å². The smallest absolute Gasteiger partial charge is 0.202 e. The van der Waals surface area contributed by atoms with Crippen LogP contribution >= 0.6 is 11.5 Å². The molecule has 0 bridgehead atoms. The predicted octanol–water partition coefficient (Wildman–Crippen LogP) is 2.64. The van der Waals surface area contributed by atoms with Gasteiger partial charge in [0.1, 0.15) is 5.82 Å². The number of anilines is 1. The summed E-state index contributed by atoms with van der Waals surface area (Å²) in [4.78, 5) is 4.43. The van der Waals surface area contributed by atoms with E-state index >= 15 is 0 Å². The summed E-state index contributed by atoms with van der Waals surface area (Å²) in [5.41, 5.74) is 0. The van der Waals surface area contributed by atoms with Gasteiger partial charge >= 0.3 is 0 Å². The molecule has 1 atom stereocenters. The van der Waals surface area contributed by atoms with Crippen LogP contribution in [0.2, 0.25) is 0 Å². The van der Waals surface area contributed by atoms with Gasteiger partial charge in [-0.05, 0) is 19.3 Å². The first kappa shape index (κ1) is 11.8. The molecular formula is C11H19N3OS. The first-order valence-corrected chi connectivity index (χ1v) is 6.72. The highest BCUT2D eigenvalue weighted by atomic mass is 32.1. The third-order valence-corrected chi connectivity index (χ3v) is 3.41. The Bertz CT molecular complexity index is 321. The van der Waals surface area contributed by atoms with E-state index in [4.69, 9.17) is 4.74 Å². The molecule has 1 saturated heterocycles. The van der Waals surface area contributed by atoms with Crippen LogP contribution < -0.4 is 5.32 Å². The van der Waals surface area contributed by atoms with Crippen LogP contribution in [-0.4, -0.2) is 28.6 Å². The molecule has 1 N–H and O–H groups in total. The molecule has 90 valence electrons. The Morgan fingerprint density at radius 2 is 2.44 bits per heavy atom. The Balaban J connectivity index is 1.72. The van der Waals surface area contributed by atoms with Crippen LogP contribution in [-0.2, 0) is 4.74 Å². The largest absolute Gasteiger partial charge is 0.378 e. The predicted molar refractivity (Wildman–Crippen MR) is 66.1 cm³/mol. The molecule has 1 aromatic heterocycles. The van der Waals surface area contributed by atoms with E-state index in [-0.39, 0.29) is 0 Å². The average Bonchev–Trinajstić information content (AvgIpc) is 2.87. The number of hydrogen-bond donors (Lipinski definition) is 1. The molecule has 0 spiro atoms. The topological polar surface area (TPSA) is 47.0 Å². The zero-order valence-electron chi connectivity index (χ0n) is 9.90. The number of aromatic nitrogens is 2. The highest BCUT2D eigenvalue weighted by Crippen LogP contribution is 2.18. The maximum absolute atomic E-state index is 5.56. The molecule has 1 aromatic rings. The minimum Gasteiger partial charge on any atom is -0.378 e. The Labute approximate surface area is 101 Å². The Morgan fingerprint density at radius 3 is 3.06 bits per heavy atom. The van der Waals surface area contributed by atoms with Crippen LogP contribution in [0.5, 0.6) is 0 Å². The van der Waals surface area contributed by atoms with Crippen LogP contribution in [0, 0.1) is 0 Å². The minimum absolute atomic E-state index is 0.407. The van der Waals surface area contributed by atoms with E-state index in [0.717, 1.165) is 30.5 Å². The van der Waals surface area contributed by atoms with Crippen LogP contribution in [0.3, 0.4) is 0 Å². The minimum atomic E-state index is 0.407.